The SMILES string of the molecule is COc1cc([CH2][Cd])cc(OC)c1OC. The molecule has 0 atom stereocenters. The van der Waals surface area contributed by atoms with E-state index in [1.165, 1.54) is 5.56 Å². The summed E-state index contributed by atoms with van der Waals surface area (Å²) in [6.07, 6.45) is 0. The van der Waals surface area contributed by atoms with Gasteiger partial charge < -0.3 is 0 Å². The van der Waals surface area contributed by atoms with Gasteiger partial charge in [0.2, 0.25) is 0 Å². The first-order valence-corrected chi connectivity index (χ1v) is 7.20. The van der Waals surface area contributed by atoms with E-state index in [2.05, 4.69) is 0 Å². The molecule has 0 fully saturated rings. The first-order valence-electron chi connectivity index (χ1n) is 4.35. The molecular formula is C10H13CdO3. The van der Waals surface area contributed by atoms with Crippen LogP contribution in [0.5, 0.6) is 17.2 Å². The van der Waals surface area contributed by atoms with Crippen LogP contribution in [0, 0.1) is 0 Å². The summed E-state index contributed by atoms with van der Waals surface area (Å²) in [5.74, 6) is 2.14. The number of benzene rings is 1. The average Bonchev–Trinajstić information content (AvgIpc) is 2.26. The van der Waals surface area contributed by atoms with Crippen LogP contribution in [0.3, 0.4) is 0 Å². The van der Waals surface area contributed by atoms with Crippen LogP contribution in [0.4, 0.5) is 0 Å². The average molecular weight is 294 g/mol. The number of hydrogen-bond donors (Lipinski definition) is 0. The Morgan fingerprint density at radius 3 is 1.79 bits per heavy atom. The third-order valence-corrected chi connectivity index (χ3v) is 3.66. The molecule has 0 spiro atoms. The van der Waals surface area contributed by atoms with Crippen molar-refractivity contribution in [3.8, 4) is 17.2 Å². The molecule has 3 nitrogen and oxygen atoms in total. The van der Waals surface area contributed by atoms with Gasteiger partial charge >= 0.3 is 100 Å². The van der Waals surface area contributed by atoms with Crippen LogP contribution in [0.15, 0.2) is 12.1 Å². The predicted molar refractivity (Wildman–Crippen MR) is 49.8 cm³/mol. The molecule has 0 aromatic heterocycles. The van der Waals surface area contributed by atoms with E-state index < -0.39 is 0 Å². The zero-order valence-electron chi connectivity index (χ0n) is 8.79. The minimum absolute atomic E-state index is 0.664. The van der Waals surface area contributed by atoms with Gasteiger partial charge in [-0.3, -0.25) is 0 Å². The zero-order valence-corrected chi connectivity index (χ0v) is 12.8. The quantitative estimate of drug-likeness (QED) is 0.792. The normalized spacial score (nSPS) is 9.79. The van der Waals surface area contributed by atoms with Gasteiger partial charge in [0, 0.05) is 0 Å². The molecule has 0 heterocycles. The number of rotatable bonds is 4. The van der Waals surface area contributed by atoms with Crippen molar-refractivity contribution in [1.29, 1.82) is 0 Å². The van der Waals surface area contributed by atoms with Crippen molar-refractivity contribution < 1.29 is 40.0 Å². The fourth-order valence-corrected chi connectivity index (χ4v) is 2.10. The van der Waals surface area contributed by atoms with Gasteiger partial charge in [0.05, 0.1) is 0 Å². The molecule has 0 saturated carbocycles. The monoisotopic (exact) mass is 295 g/mol. The van der Waals surface area contributed by atoms with Crippen LogP contribution in [0.2, 0.25) is 0 Å². The Bertz CT molecular complexity index is 287. The molecule has 0 bridgehead atoms. The fourth-order valence-electron chi connectivity index (χ4n) is 1.28. The fraction of sp³-hybridized carbons (Fsp3) is 0.400. The second kappa shape index (κ2) is 5.43. The first kappa shape index (κ1) is 11.6. The van der Waals surface area contributed by atoms with E-state index in [1.807, 2.05) is 12.1 Å². The van der Waals surface area contributed by atoms with Crippen molar-refractivity contribution >= 4 is 0 Å². The zero-order chi connectivity index (χ0) is 10.6. The molecule has 0 saturated heterocycles. The topological polar surface area (TPSA) is 27.7 Å². The van der Waals surface area contributed by atoms with Gasteiger partial charge in [-0.05, 0) is 0 Å². The maximum absolute atomic E-state index is 5.24. The second-order valence-electron chi connectivity index (χ2n) is 2.78. The molecule has 1 rings (SSSR count). The van der Waals surface area contributed by atoms with Crippen LogP contribution in [-0.4, -0.2) is 21.3 Å². The van der Waals surface area contributed by atoms with Crippen molar-refractivity contribution in [3.05, 3.63) is 17.7 Å². The van der Waals surface area contributed by atoms with Crippen molar-refractivity contribution in [1.82, 2.24) is 0 Å². The van der Waals surface area contributed by atoms with Crippen LogP contribution in [0.1, 0.15) is 5.56 Å². The van der Waals surface area contributed by atoms with Crippen molar-refractivity contribution in [2.75, 3.05) is 21.3 Å². The molecule has 14 heavy (non-hydrogen) atoms. The third kappa shape index (κ3) is 2.31. The second-order valence-corrected chi connectivity index (χ2v) is 4.21. The standard InChI is InChI=1S/C10H13O3.Cd/c1-7-5-8(11-2)10(13-4)9(6-7)12-3;/h5-6H,1H2,2-4H3;. The van der Waals surface area contributed by atoms with Crippen molar-refractivity contribution in [2.45, 2.75) is 3.98 Å². The van der Waals surface area contributed by atoms with Crippen LogP contribution >= 0.6 is 0 Å². The molecule has 1 aromatic rings. The molecule has 4 heteroatoms. The minimum atomic E-state index is 0.664. The van der Waals surface area contributed by atoms with E-state index in [1.54, 1.807) is 21.3 Å². The van der Waals surface area contributed by atoms with Crippen molar-refractivity contribution in [2.24, 2.45) is 0 Å². The molecule has 73 valence electrons. The molecule has 0 radical (unpaired) electrons. The van der Waals surface area contributed by atoms with E-state index in [9.17, 15) is 0 Å². The maximum atomic E-state index is 5.24. The Balaban J connectivity index is 3.24. The van der Waals surface area contributed by atoms with E-state index in [-0.39, 0.29) is 0 Å². The Hall–Kier alpha value is -0.458. The molecule has 0 N–H and O–H groups in total. The summed E-state index contributed by atoms with van der Waals surface area (Å²) < 4.78 is 16.8. The molecule has 0 aliphatic carbocycles. The van der Waals surface area contributed by atoms with Crippen LogP contribution in [-0.2, 0) is 29.7 Å². The summed E-state index contributed by atoms with van der Waals surface area (Å²) in [5.41, 5.74) is 1.24. The summed E-state index contributed by atoms with van der Waals surface area (Å²) in [5, 5.41) is 0. The van der Waals surface area contributed by atoms with Crippen LogP contribution in [0.25, 0.3) is 0 Å². The summed E-state index contributed by atoms with van der Waals surface area (Å²) in [6.45, 7) is 0. The Morgan fingerprint density at radius 1 is 1.00 bits per heavy atom. The molecule has 0 aliphatic rings. The van der Waals surface area contributed by atoms with E-state index in [0.29, 0.717) is 5.75 Å². The van der Waals surface area contributed by atoms with Gasteiger partial charge in [0.1, 0.15) is 0 Å². The summed E-state index contributed by atoms with van der Waals surface area (Å²) in [7, 11) is 4.89. The molecule has 0 amide bonds. The summed E-state index contributed by atoms with van der Waals surface area (Å²) >= 11 is 0.910. The number of methoxy groups -OCH3 is 3. The first-order chi connectivity index (χ1) is 6.76. The van der Waals surface area contributed by atoms with Gasteiger partial charge in [-0.25, -0.2) is 0 Å². The number of hydrogen-bond acceptors (Lipinski definition) is 3. The van der Waals surface area contributed by atoms with E-state index in [4.69, 9.17) is 14.2 Å². The van der Waals surface area contributed by atoms with Crippen LogP contribution < -0.4 is 14.2 Å². The van der Waals surface area contributed by atoms with Gasteiger partial charge in [-0.15, -0.1) is 0 Å². The third-order valence-electron chi connectivity index (χ3n) is 2.01. The molecule has 0 unspecified atom stereocenters. The Labute approximate surface area is 100 Å². The van der Waals surface area contributed by atoms with Gasteiger partial charge in [-0.1, -0.05) is 0 Å². The Morgan fingerprint density at radius 2 is 1.50 bits per heavy atom. The van der Waals surface area contributed by atoms with E-state index >= 15 is 0 Å². The van der Waals surface area contributed by atoms with E-state index in [0.717, 1.165) is 41.2 Å². The molecule has 0 aliphatic heterocycles. The Kier molecular flexibility index (Phi) is 4.51. The van der Waals surface area contributed by atoms with Gasteiger partial charge in [0.25, 0.3) is 0 Å². The predicted octanol–water partition coefficient (Wildman–Crippen LogP) is 1.76. The van der Waals surface area contributed by atoms with Crippen molar-refractivity contribution in [3.63, 3.8) is 0 Å². The molecule has 1 aromatic carbocycles. The summed E-state index contributed by atoms with van der Waals surface area (Å²) in [6, 6.07) is 4.00. The van der Waals surface area contributed by atoms with Gasteiger partial charge in [-0.2, -0.15) is 0 Å². The van der Waals surface area contributed by atoms with Gasteiger partial charge in [0.15, 0.2) is 0 Å². The molecular weight excluding hydrogens is 281 g/mol. The summed E-state index contributed by atoms with van der Waals surface area (Å²) in [4.78, 5) is 0. The number of ether oxygens (including phenoxy) is 3.